The van der Waals surface area contributed by atoms with Gasteiger partial charge in [-0.1, -0.05) is 56.1 Å². The number of nitrogens with zero attached hydrogens (tertiary/aromatic N) is 3. The molecule has 0 fully saturated rings. The molecule has 1 aromatic heterocycles. The third-order valence-corrected chi connectivity index (χ3v) is 5.93. The summed E-state index contributed by atoms with van der Waals surface area (Å²) in [5.41, 5.74) is 0.992. The Morgan fingerprint density at radius 1 is 1.09 bits per heavy atom. The molecule has 0 bridgehead atoms. The van der Waals surface area contributed by atoms with Crippen LogP contribution in [0.5, 0.6) is 0 Å². The van der Waals surface area contributed by atoms with Crippen LogP contribution in [0.15, 0.2) is 48.5 Å². The Labute approximate surface area is 208 Å². The van der Waals surface area contributed by atoms with Crippen molar-refractivity contribution >= 4 is 40.8 Å². The number of nitrogens with one attached hydrogen (secondary N) is 1. The zero-order valence-corrected chi connectivity index (χ0v) is 21.2. The average molecular weight is 505 g/mol. The highest BCUT2D eigenvalue weighted by atomic mass is 35.5. The first-order chi connectivity index (χ1) is 15.9. The first kappa shape index (κ1) is 25.7. The van der Waals surface area contributed by atoms with Crippen molar-refractivity contribution in [1.29, 1.82) is 0 Å². The molecule has 0 saturated heterocycles. The van der Waals surface area contributed by atoms with Crippen LogP contribution in [0.3, 0.4) is 0 Å². The largest absolute Gasteiger partial charge is 0.327 e. The molecular formula is C25H27Cl2FN4O2. The number of aromatic nitrogens is 2. The van der Waals surface area contributed by atoms with Crippen LogP contribution in [-0.2, 0) is 10.2 Å². The highest BCUT2D eigenvalue weighted by Gasteiger charge is 2.26. The van der Waals surface area contributed by atoms with Gasteiger partial charge < -0.3 is 10.2 Å². The van der Waals surface area contributed by atoms with Crippen LogP contribution in [0.2, 0.25) is 10.0 Å². The second-order valence-corrected chi connectivity index (χ2v) is 10.0. The number of anilines is 1. The van der Waals surface area contributed by atoms with Crippen molar-refractivity contribution in [1.82, 2.24) is 14.7 Å². The van der Waals surface area contributed by atoms with E-state index in [0.29, 0.717) is 21.6 Å². The van der Waals surface area contributed by atoms with E-state index >= 15 is 0 Å². The molecule has 6 nitrogen and oxygen atoms in total. The summed E-state index contributed by atoms with van der Waals surface area (Å²) in [4.78, 5) is 27.3. The number of benzene rings is 2. The maximum absolute atomic E-state index is 14.2. The third-order valence-electron chi connectivity index (χ3n) is 5.20. The summed E-state index contributed by atoms with van der Waals surface area (Å²) in [7, 11) is 0. The van der Waals surface area contributed by atoms with Gasteiger partial charge in [-0.2, -0.15) is 5.10 Å². The second-order valence-electron chi connectivity index (χ2n) is 9.23. The van der Waals surface area contributed by atoms with Crippen molar-refractivity contribution < 1.29 is 14.0 Å². The Morgan fingerprint density at radius 2 is 1.76 bits per heavy atom. The third kappa shape index (κ3) is 5.77. The normalized spacial score (nSPS) is 11.6. The maximum atomic E-state index is 14.2. The Morgan fingerprint density at radius 3 is 2.35 bits per heavy atom. The molecule has 0 aliphatic carbocycles. The van der Waals surface area contributed by atoms with Crippen LogP contribution in [-0.4, -0.2) is 39.1 Å². The fraction of sp³-hybridized carbons (Fsp3) is 0.320. The van der Waals surface area contributed by atoms with Crippen molar-refractivity contribution in [3.05, 3.63) is 75.7 Å². The number of carbonyl (C=O) groups excluding carboxylic acids is 2. The van der Waals surface area contributed by atoms with E-state index in [-0.39, 0.29) is 23.6 Å². The van der Waals surface area contributed by atoms with Crippen molar-refractivity contribution in [2.75, 3.05) is 11.9 Å². The highest BCUT2D eigenvalue weighted by molar-refractivity contribution is 6.42. The fourth-order valence-corrected chi connectivity index (χ4v) is 3.56. The minimum atomic E-state index is -0.633. The molecule has 3 rings (SSSR count). The molecule has 180 valence electrons. The van der Waals surface area contributed by atoms with Gasteiger partial charge in [-0.15, -0.1) is 0 Å². The van der Waals surface area contributed by atoms with Crippen LogP contribution < -0.4 is 5.32 Å². The summed E-state index contributed by atoms with van der Waals surface area (Å²) < 4.78 is 15.8. The lowest BCUT2D eigenvalue weighted by atomic mass is 9.92. The quantitative estimate of drug-likeness (QED) is 0.440. The summed E-state index contributed by atoms with van der Waals surface area (Å²) >= 11 is 12.2. The molecule has 0 radical (unpaired) electrons. The van der Waals surface area contributed by atoms with Gasteiger partial charge in [-0.05, 0) is 44.2 Å². The van der Waals surface area contributed by atoms with Gasteiger partial charge >= 0.3 is 0 Å². The fourth-order valence-electron chi connectivity index (χ4n) is 3.27. The summed E-state index contributed by atoms with van der Waals surface area (Å²) in [6, 6.07) is 12.2. The number of halogens is 3. The van der Waals surface area contributed by atoms with Crippen molar-refractivity contribution in [3.63, 3.8) is 0 Å². The maximum Gasteiger partial charge on any atom is 0.257 e. The molecule has 0 spiro atoms. The first-order valence-electron chi connectivity index (χ1n) is 10.8. The number of hydrogen-bond acceptors (Lipinski definition) is 3. The van der Waals surface area contributed by atoms with E-state index < -0.39 is 17.6 Å². The van der Waals surface area contributed by atoms with Crippen LogP contribution in [0, 0.1) is 5.82 Å². The van der Waals surface area contributed by atoms with Crippen molar-refractivity contribution in [3.8, 4) is 5.69 Å². The molecular weight excluding hydrogens is 478 g/mol. The van der Waals surface area contributed by atoms with E-state index in [1.165, 1.54) is 23.1 Å². The number of rotatable bonds is 6. The van der Waals surface area contributed by atoms with Crippen LogP contribution in [0.4, 0.5) is 10.2 Å². The molecule has 2 aromatic carbocycles. The minimum Gasteiger partial charge on any atom is -0.327 e. The van der Waals surface area contributed by atoms with E-state index in [1.54, 1.807) is 48.9 Å². The van der Waals surface area contributed by atoms with Gasteiger partial charge in [-0.25, -0.2) is 9.07 Å². The van der Waals surface area contributed by atoms with Crippen LogP contribution in [0.1, 0.15) is 50.7 Å². The van der Waals surface area contributed by atoms with E-state index in [1.807, 2.05) is 20.8 Å². The molecule has 2 amide bonds. The van der Waals surface area contributed by atoms with Gasteiger partial charge in [0.15, 0.2) is 0 Å². The van der Waals surface area contributed by atoms with Crippen LogP contribution in [0.25, 0.3) is 5.69 Å². The van der Waals surface area contributed by atoms with Gasteiger partial charge in [-0.3, -0.25) is 9.59 Å². The molecule has 34 heavy (non-hydrogen) atoms. The summed E-state index contributed by atoms with van der Waals surface area (Å²) in [6.45, 7) is 9.30. The molecule has 1 heterocycles. The van der Waals surface area contributed by atoms with Crippen molar-refractivity contribution in [2.45, 2.75) is 46.1 Å². The Balaban J connectivity index is 1.90. The Bertz CT molecular complexity index is 1220. The lowest BCUT2D eigenvalue weighted by molar-refractivity contribution is -0.117. The predicted molar refractivity (Wildman–Crippen MR) is 133 cm³/mol. The zero-order chi connectivity index (χ0) is 25.2. The lowest BCUT2D eigenvalue weighted by Gasteiger charge is -2.26. The van der Waals surface area contributed by atoms with E-state index in [0.717, 1.165) is 5.69 Å². The van der Waals surface area contributed by atoms with Gasteiger partial charge in [0.2, 0.25) is 5.91 Å². The highest BCUT2D eigenvalue weighted by Crippen LogP contribution is 2.29. The zero-order valence-electron chi connectivity index (χ0n) is 19.7. The number of hydrogen-bond donors (Lipinski definition) is 1. The lowest BCUT2D eigenvalue weighted by Crippen LogP contribution is -2.42. The number of amides is 2. The first-order valence-corrected chi connectivity index (χ1v) is 11.6. The standard InChI is InChI=1S/C25H27Cl2FN4O2/c1-15(2)31(24(34)17-8-6-7-9-20(17)28)14-23(33)29-22-13-21(25(3,4)5)30-32(22)16-10-11-18(26)19(27)12-16/h6-13,15H,14H2,1-5H3,(H,29,33). The molecule has 0 saturated carbocycles. The topological polar surface area (TPSA) is 67.2 Å². The minimum absolute atomic E-state index is 0.0835. The Kier molecular flexibility index (Phi) is 7.68. The van der Waals surface area contributed by atoms with E-state index in [9.17, 15) is 14.0 Å². The molecule has 0 atom stereocenters. The molecule has 3 aromatic rings. The average Bonchev–Trinajstić information content (AvgIpc) is 3.18. The van der Waals surface area contributed by atoms with E-state index in [4.69, 9.17) is 23.2 Å². The van der Waals surface area contributed by atoms with E-state index in [2.05, 4.69) is 10.4 Å². The smallest absolute Gasteiger partial charge is 0.257 e. The monoisotopic (exact) mass is 504 g/mol. The van der Waals surface area contributed by atoms with Gasteiger partial charge in [0.25, 0.3) is 5.91 Å². The Hall–Kier alpha value is -2.90. The molecule has 0 unspecified atom stereocenters. The van der Waals surface area contributed by atoms with Crippen molar-refractivity contribution in [2.24, 2.45) is 0 Å². The van der Waals surface area contributed by atoms with Crippen LogP contribution >= 0.6 is 23.2 Å². The SMILES string of the molecule is CC(C)N(CC(=O)Nc1cc(C(C)(C)C)nn1-c1ccc(Cl)c(Cl)c1)C(=O)c1ccccc1F. The van der Waals surface area contributed by atoms with Gasteiger partial charge in [0.05, 0.1) is 27.0 Å². The number of carbonyl (C=O) groups is 2. The van der Waals surface area contributed by atoms with Gasteiger partial charge in [0, 0.05) is 17.5 Å². The predicted octanol–water partition coefficient (Wildman–Crippen LogP) is 6.11. The van der Waals surface area contributed by atoms with Gasteiger partial charge in [0.1, 0.15) is 18.2 Å². The molecule has 9 heteroatoms. The summed E-state index contributed by atoms with van der Waals surface area (Å²) in [5, 5.41) is 8.25. The second kappa shape index (κ2) is 10.2. The molecule has 1 N–H and O–H groups in total. The summed E-state index contributed by atoms with van der Waals surface area (Å²) in [5.74, 6) is -1.22. The molecule has 0 aliphatic heterocycles. The summed E-state index contributed by atoms with van der Waals surface area (Å²) in [6.07, 6.45) is 0. The molecule has 0 aliphatic rings.